The number of carbonyl (C=O) groups is 2. The van der Waals surface area contributed by atoms with E-state index in [1.807, 2.05) is 32.0 Å². The number of amides is 1. The molecule has 0 aliphatic carbocycles. The van der Waals surface area contributed by atoms with Gasteiger partial charge in [-0.15, -0.1) is 0 Å². The van der Waals surface area contributed by atoms with E-state index in [9.17, 15) is 18.0 Å². The number of ether oxygens (including phenoxy) is 1. The highest BCUT2D eigenvalue weighted by atomic mass is 32.2. The maximum Gasteiger partial charge on any atom is 0.331 e. The second-order valence-electron chi connectivity index (χ2n) is 7.10. The molecule has 0 spiro atoms. The fourth-order valence-corrected chi connectivity index (χ4v) is 4.99. The smallest absolute Gasteiger partial charge is 0.331 e. The Morgan fingerprint density at radius 1 is 1.38 bits per heavy atom. The van der Waals surface area contributed by atoms with Gasteiger partial charge < -0.3 is 19.0 Å². The van der Waals surface area contributed by atoms with E-state index in [-0.39, 0.29) is 11.5 Å². The minimum absolute atomic E-state index is 0.0683. The van der Waals surface area contributed by atoms with Crippen LogP contribution in [0.2, 0.25) is 0 Å². The van der Waals surface area contributed by atoms with Gasteiger partial charge in [-0.1, -0.05) is 0 Å². The monoisotopic (exact) mass is 420 g/mol. The maximum absolute atomic E-state index is 11.9. The molecule has 29 heavy (non-hydrogen) atoms. The molecule has 1 amide bonds. The van der Waals surface area contributed by atoms with E-state index in [2.05, 4.69) is 9.88 Å². The summed E-state index contributed by atoms with van der Waals surface area (Å²) in [7, 11) is -3.08. The van der Waals surface area contributed by atoms with Crippen molar-refractivity contribution < 1.29 is 27.2 Å². The standard InChI is InChI=1S/C20H24N2O6S/c1-14-10-16(15(2)22(14)11-18-4-3-8-27-18)5-6-20(24)28-12-19(23)21-17-7-9-29(25,26)13-17/h3-6,8,10,17H,7,9,11-13H2,1-2H3,(H,21,23)/b6-5+/t17-/m1/s1. The topological polar surface area (TPSA) is 108 Å². The highest BCUT2D eigenvalue weighted by Crippen LogP contribution is 2.18. The Hall–Kier alpha value is -2.81. The average molecular weight is 420 g/mol. The van der Waals surface area contributed by atoms with E-state index in [0.717, 1.165) is 22.7 Å². The number of esters is 1. The summed E-state index contributed by atoms with van der Waals surface area (Å²) in [5.74, 6) is -0.317. The molecule has 1 aliphatic heterocycles. The summed E-state index contributed by atoms with van der Waals surface area (Å²) >= 11 is 0. The lowest BCUT2D eigenvalue weighted by Crippen LogP contribution is -2.38. The molecule has 3 heterocycles. The molecule has 1 fully saturated rings. The van der Waals surface area contributed by atoms with Gasteiger partial charge in [-0.3, -0.25) is 4.79 Å². The number of aromatic nitrogens is 1. The molecule has 1 atom stereocenters. The van der Waals surface area contributed by atoms with Crippen molar-refractivity contribution >= 4 is 27.8 Å². The molecule has 1 saturated heterocycles. The Kier molecular flexibility index (Phi) is 6.26. The van der Waals surface area contributed by atoms with Gasteiger partial charge in [0.15, 0.2) is 16.4 Å². The van der Waals surface area contributed by atoms with Crippen molar-refractivity contribution in [2.75, 3.05) is 18.1 Å². The predicted molar refractivity (Wildman–Crippen MR) is 107 cm³/mol. The van der Waals surface area contributed by atoms with Crippen LogP contribution in [0.25, 0.3) is 6.08 Å². The van der Waals surface area contributed by atoms with Gasteiger partial charge in [-0.25, -0.2) is 13.2 Å². The number of furan rings is 1. The lowest BCUT2D eigenvalue weighted by atomic mass is 10.2. The number of hydrogen-bond acceptors (Lipinski definition) is 6. The summed E-state index contributed by atoms with van der Waals surface area (Å²) in [5.41, 5.74) is 2.87. The minimum atomic E-state index is -3.08. The van der Waals surface area contributed by atoms with Crippen LogP contribution < -0.4 is 5.32 Å². The highest BCUT2D eigenvalue weighted by Gasteiger charge is 2.28. The van der Waals surface area contributed by atoms with Gasteiger partial charge in [0, 0.05) is 23.5 Å². The van der Waals surface area contributed by atoms with Crippen LogP contribution >= 0.6 is 0 Å². The second kappa shape index (κ2) is 8.69. The predicted octanol–water partition coefficient (Wildman–Crippen LogP) is 1.61. The van der Waals surface area contributed by atoms with Crippen molar-refractivity contribution in [1.29, 1.82) is 0 Å². The Morgan fingerprint density at radius 2 is 2.17 bits per heavy atom. The maximum atomic E-state index is 11.9. The molecular weight excluding hydrogens is 396 g/mol. The first-order chi connectivity index (χ1) is 13.7. The number of rotatable bonds is 7. The minimum Gasteiger partial charge on any atom is -0.467 e. The number of hydrogen-bond donors (Lipinski definition) is 1. The number of nitrogens with zero attached hydrogens (tertiary/aromatic N) is 1. The van der Waals surface area contributed by atoms with Crippen LogP contribution in [0.1, 0.15) is 29.1 Å². The SMILES string of the molecule is Cc1cc(/C=C/C(=O)OCC(=O)N[C@@H]2CCS(=O)(=O)C2)c(C)n1Cc1ccco1. The number of sulfone groups is 1. The van der Waals surface area contributed by atoms with Gasteiger partial charge in [-0.05, 0) is 50.1 Å². The molecule has 8 nitrogen and oxygen atoms in total. The van der Waals surface area contributed by atoms with E-state index >= 15 is 0 Å². The molecule has 0 bridgehead atoms. The Bertz CT molecular complexity index is 1020. The molecule has 2 aromatic heterocycles. The Labute approximate surface area is 169 Å². The Morgan fingerprint density at radius 3 is 2.83 bits per heavy atom. The zero-order chi connectivity index (χ0) is 21.0. The molecule has 2 aromatic rings. The van der Waals surface area contributed by atoms with Crippen molar-refractivity contribution in [3.8, 4) is 0 Å². The fourth-order valence-electron chi connectivity index (χ4n) is 3.32. The third-order valence-corrected chi connectivity index (χ3v) is 6.62. The van der Waals surface area contributed by atoms with Crippen LogP contribution in [0.5, 0.6) is 0 Å². The van der Waals surface area contributed by atoms with Gasteiger partial charge in [-0.2, -0.15) is 0 Å². The second-order valence-corrected chi connectivity index (χ2v) is 9.33. The van der Waals surface area contributed by atoms with E-state index in [1.165, 1.54) is 6.08 Å². The zero-order valence-electron chi connectivity index (χ0n) is 16.4. The molecule has 3 rings (SSSR count). The number of carbonyl (C=O) groups excluding carboxylic acids is 2. The van der Waals surface area contributed by atoms with Crippen LogP contribution in [-0.2, 0) is 30.7 Å². The molecule has 0 aromatic carbocycles. The van der Waals surface area contributed by atoms with Crippen molar-refractivity contribution in [3.05, 3.63) is 53.2 Å². The molecular formula is C20H24N2O6S. The summed E-state index contributed by atoms with van der Waals surface area (Å²) < 4.78 is 35.2. The van der Waals surface area contributed by atoms with Gasteiger partial charge >= 0.3 is 5.97 Å². The van der Waals surface area contributed by atoms with Gasteiger partial charge in [0.05, 0.1) is 24.3 Å². The van der Waals surface area contributed by atoms with Crippen LogP contribution in [-0.4, -0.2) is 49.0 Å². The van der Waals surface area contributed by atoms with Crippen LogP contribution in [0, 0.1) is 13.8 Å². The van der Waals surface area contributed by atoms with Gasteiger partial charge in [0.25, 0.3) is 5.91 Å². The quantitative estimate of drug-likeness (QED) is 0.539. The van der Waals surface area contributed by atoms with Crippen LogP contribution in [0.15, 0.2) is 35.0 Å². The number of aryl methyl sites for hydroxylation is 1. The molecule has 9 heteroatoms. The third-order valence-electron chi connectivity index (χ3n) is 4.85. The first-order valence-corrected chi connectivity index (χ1v) is 11.1. The van der Waals surface area contributed by atoms with Crippen molar-refractivity contribution in [2.45, 2.75) is 32.9 Å². The summed E-state index contributed by atoms with van der Waals surface area (Å²) in [5, 5.41) is 2.57. The molecule has 1 aliphatic rings. The third kappa shape index (κ3) is 5.60. The normalized spacial score (nSPS) is 18.2. The highest BCUT2D eigenvalue weighted by molar-refractivity contribution is 7.91. The van der Waals surface area contributed by atoms with E-state index < -0.39 is 34.4 Å². The summed E-state index contributed by atoms with van der Waals surface area (Å²) in [6.45, 7) is 4.07. The largest absolute Gasteiger partial charge is 0.467 e. The fraction of sp³-hybridized carbons (Fsp3) is 0.400. The zero-order valence-corrected chi connectivity index (χ0v) is 17.2. The van der Waals surface area contributed by atoms with Crippen LogP contribution in [0.4, 0.5) is 0 Å². The average Bonchev–Trinajstić information content (AvgIpc) is 3.35. The first-order valence-electron chi connectivity index (χ1n) is 9.27. The van der Waals surface area contributed by atoms with E-state index in [0.29, 0.717) is 13.0 Å². The summed E-state index contributed by atoms with van der Waals surface area (Å²) in [6, 6.07) is 5.27. The Balaban J connectivity index is 1.51. The lowest BCUT2D eigenvalue weighted by molar-refractivity contribution is -0.143. The lowest BCUT2D eigenvalue weighted by Gasteiger charge is -2.10. The summed E-state index contributed by atoms with van der Waals surface area (Å²) in [6.07, 6.45) is 4.93. The molecule has 0 unspecified atom stereocenters. The van der Waals surface area contributed by atoms with E-state index in [1.54, 1.807) is 12.3 Å². The molecule has 1 N–H and O–H groups in total. The van der Waals surface area contributed by atoms with E-state index in [4.69, 9.17) is 9.15 Å². The van der Waals surface area contributed by atoms with Crippen LogP contribution in [0.3, 0.4) is 0 Å². The van der Waals surface area contributed by atoms with Crippen molar-refractivity contribution in [3.63, 3.8) is 0 Å². The molecule has 156 valence electrons. The molecule has 0 saturated carbocycles. The van der Waals surface area contributed by atoms with Crippen molar-refractivity contribution in [2.24, 2.45) is 0 Å². The van der Waals surface area contributed by atoms with Gasteiger partial charge in [0.2, 0.25) is 0 Å². The first kappa shape index (κ1) is 20.9. The molecule has 0 radical (unpaired) electrons. The van der Waals surface area contributed by atoms with Gasteiger partial charge in [0.1, 0.15) is 5.76 Å². The summed E-state index contributed by atoms with van der Waals surface area (Å²) in [4.78, 5) is 23.7. The van der Waals surface area contributed by atoms with Crippen molar-refractivity contribution in [1.82, 2.24) is 9.88 Å². The number of nitrogens with one attached hydrogen (secondary N) is 1.